The van der Waals surface area contributed by atoms with E-state index < -0.39 is 0 Å². The Bertz CT molecular complexity index is 331. The van der Waals surface area contributed by atoms with Crippen molar-refractivity contribution in [3.05, 3.63) is 29.8 Å². The molecule has 0 aliphatic heterocycles. The summed E-state index contributed by atoms with van der Waals surface area (Å²) in [6.07, 6.45) is 0. The number of ether oxygens (including phenoxy) is 2. The zero-order chi connectivity index (χ0) is 12.7. The van der Waals surface area contributed by atoms with E-state index in [4.69, 9.17) is 9.47 Å². The molecular formula is C14H23NO2. The molecule has 0 spiro atoms. The molecule has 17 heavy (non-hydrogen) atoms. The Morgan fingerprint density at radius 2 is 1.94 bits per heavy atom. The molecule has 0 heterocycles. The molecule has 0 unspecified atom stereocenters. The van der Waals surface area contributed by atoms with E-state index >= 15 is 0 Å². The van der Waals surface area contributed by atoms with Gasteiger partial charge in [-0.1, -0.05) is 12.1 Å². The summed E-state index contributed by atoms with van der Waals surface area (Å²) in [6, 6.07) is 8.10. The van der Waals surface area contributed by atoms with Crippen molar-refractivity contribution in [2.24, 2.45) is 0 Å². The van der Waals surface area contributed by atoms with Gasteiger partial charge >= 0.3 is 0 Å². The van der Waals surface area contributed by atoms with Crippen LogP contribution in [0.2, 0.25) is 0 Å². The molecule has 0 radical (unpaired) electrons. The van der Waals surface area contributed by atoms with Crippen molar-refractivity contribution >= 4 is 0 Å². The van der Waals surface area contributed by atoms with E-state index in [0.717, 1.165) is 12.3 Å². The van der Waals surface area contributed by atoms with Gasteiger partial charge in [0.1, 0.15) is 12.4 Å². The monoisotopic (exact) mass is 237 g/mol. The fourth-order valence-corrected chi connectivity index (χ4v) is 1.46. The molecular weight excluding hydrogens is 214 g/mol. The zero-order valence-corrected chi connectivity index (χ0v) is 11.2. The Morgan fingerprint density at radius 3 is 2.59 bits per heavy atom. The van der Waals surface area contributed by atoms with Gasteiger partial charge in [0, 0.05) is 6.54 Å². The molecule has 0 amide bonds. The van der Waals surface area contributed by atoms with Gasteiger partial charge in [-0.25, -0.2) is 0 Å². The maximum Gasteiger partial charge on any atom is 0.119 e. The van der Waals surface area contributed by atoms with Crippen molar-refractivity contribution in [1.82, 2.24) is 5.32 Å². The minimum absolute atomic E-state index is 0.0999. The standard InChI is InChI=1S/C14H23NO2/c1-14(2,3)17-9-8-16-13-7-5-6-12(10-13)11-15-4/h5-7,10,15H,8-9,11H2,1-4H3. The summed E-state index contributed by atoms with van der Waals surface area (Å²) in [4.78, 5) is 0. The first-order valence-corrected chi connectivity index (χ1v) is 6.01. The average Bonchev–Trinajstić information content (AvgIpc) is 2.24. The molecule has 96 valence electrons. The van der Waals surface area contributed by atoms with Crippen LogP contribution in [0.25, 0.3) is 0 Å². The lowest BCUT2D eigenvalue weighted by Crippen LogP contribution is -2.22. The van der Waals surface area contributed by atoms with E-state index in [0.29, 0.717) is 13.2 Å². The van der Waals surface area contributed by atoms with Crippen LogP contribution in [0.15, 0.2) is 24.3 Å². The second kappa shape index (κ2) is 6.62. The first-order valence-electron chi connectivity index (χ1n) is 6.01. The summed E-state index contributed by atoms with van der Waals surface area (Å²) < 4.78 is 11.2. The van der Waals surface area contributed by atoms with Gasteiger partial charge in [0.05, 0.1) is 12.2 Å². The topological polar surface area (TPSA) is 30.5 Å². The Morgan fingerprint density at radius 1 is 1.18 bits per heavy atom. The minimum Gasteiger partial charge on any atom is -0.491 e. The highest BCUT2D eigenvalue weighted by molar-refractivity contribution is 5.28. The van der Waals surface area contributed by atoms with Crippen molar-refractivity contribution in [2.75, 3.05) is 20.3 Å². The molecule has 3 heteroatoms. The molecule has 0 aliphatic rings. The molecule has 0 aliphatic carbocycles. The third kappa shape index (κ3) is 6.29. The smallest absolute Gasteiger partial charge is 0.119 e. The summed E-state index contributed by atoms with van der Waals surface area (Å²) in [5, 5.41) is 3.12. The number of benzene rings is 1. The number of rotatable bonds is 6. The molecule has 0 fully saturated rings. The van der Waals surface area contributed by atoms with E-state index in [1.807, 2.05) is 46.0 Å². The molecule has 0 bridgehead atoms. The first kappa shape index (κ1) is 14.0. The Hall–Kier alpha value is -1.06. The average molecular weight is 237 g/mol. The van der Waals surface area contributed by atoms with Crippen LogP contribution in [0.1, 0.15) is 26.3 Å². The van der Waals surface area contributed by atoms with Gasteiger partial charge < -0.3 is 14.8 Å². The lowest BCUT2D eigenvalue weighted by Gasteiger charge is -2.19. The highest BCUT2D eigenvalue weighted by atomic mass is 16.5. The van der Waals surface area contributed by atoms with Gasteiger partial charge in [-0.3, -0.25) is 0 Å². The van der Waals surface area contributed by atoms with Crippen LogP contribution in [0.3, 0.4) is 0 Å². The minimum atomic E-state index is -0.0999. The highest BCUT2D eigenvalue weighted by Gasteiger charge is 2.09. The van der Waals surface area contributed by atoms with Crippen LogP contribution in [-0.4, -0.2) is 25.9 Å². The largest absolute Gasteiger partial charge is 0.491 e. The molecule has 0 aromatic heterocycles. The quantitative estimate of drug-likeness (QED) is 0.771. The van der Waals surface area contributed by atoms with E-state index in [1.165, 1.54) is 5.56 Å². The van der Waals surface area contributed by atoms with E-state index in [-0.39, 0.29) is 5.60 Å². The second-order valence-corrected chi connectivity index (χ2v) is 4.99. The normalized spacial score (nSPS) is 11.5. The van der Waals surface area contributed by atoms with Crippen LogP contribution < -0.4 is 10.1 Å². The molecule has 0 saturated heterocycles. The van der Waals surface area contributed by atoms with Gasteiger partial charge in [0.15, 0.2) is 0 Å². The predicted molar refractivity (Wildman–Crippen MR) is 70.4 cm³/mol. The molecule has 1 rings (SSSR count). The molecule has 1 aromatic carbocycles. The molecule has 1 aromatic rings. The molecule has 0 atom stereocenters. The van der Waals surface area contributed by atoms with E-state index in [2.05, 4.69) is 11.4 Å². The fraction of sp³-hybridized carbons (Fsp3) is 0.571. The fourth-order valence-electron chi connectivity index (χ4n) is 1.46. The van der Waals surface area contributed by atoms with Gasteiger partial charge in [-0.2, -0.15) is 0 Å². The SMILES string of the molecule is CNCc1cccc(OCCOC(C)(C)C)c1. The number of hydrogen-bond donors (Lipinski definition) is 1. The predicted octanol–water partition coefficient (Wildman–Crippen LogP) is 2.60. The van der Waals surface area contributed by atoms with Crippen LogP contribution in [0.4, 0.5) is 0 Å². The van der Waals surface area contributed by atoms with E-state index in [9.17, 15) is 0 Å². The van der Waals surface area contributed by atoms with Crippen molar-refractivity contribution < 1.29 is 9.47 Å². The van der Waals surface area contributed by atoms with Gasteiger partial charge in [-0.15, -0.1) is 0 Å². The Balaban J connectivity index is 2.34. The Kier molecular flexibility index (Phi) is 5.45. The summed E-state index contributed by atoms with van der Waals surface area (Å²) >= 11 is 0. The third-order valence-corrected chi connectivity index (χ3v) is 2.17. The Labute approximate surface area is 104 Å². The summed E-state index contributed by atoms with van der Waals surface area (Å²) in [5.74, 6) is 0.898. The number of nitrogens with one attached hydrogen (secondary N) is 1. The van der Waals surface area contributed by atoms with Gasteiger partial charge in [-0.05, 0) is 45.5 Å². The van der Waals surface area contributed by atoms with Crippen molar-refractivity contribution in [1.29, 1.82) is 0 Å². The maximum absolute atomic E-state index is 5.64. The van der Waals surface area contributed by atoms with Crippen LogP contribution >= 0.6 is 0 Å². The van der Waals surface area contributed by atoms with Crippen molar-refractivity contribution in [3.8, 4) is 5.75 Å². The van der Waals surface area contributed by atoms with Gasteiger partial charge in [0.25, 0.3) is 0 Å². The van der Waals surface area contributed by atoms with Crippen LogP contribution in [-0.2, 0) is 11.3 Å². The first-order chi connectivity index (χ1) is 8.01. The highest BCUT2D eigenvalue weighted by Crippen LogP contribution is 2.13. The molecule has 3 nitrogen and oxygen atoms in total. The lowest BCUT2D eigenvalue weighted by atomic mass is 10.2. The van der Waals surface area contributed by atoms with Crippen molar-refractivity contribution in [3.63, 3.8) is 0 Å². The van der Waals surface area contributed by atoms with Crippen LogP contribution in [0, 0.1) is 0 Å². The van der Waals surface area contributed by atoms with Crippen molar-refractivity contribution in [2.45, 2.75) is 32.9 Å². The zero-order valence-electron chi connectivity index (χ0n) is 11.2. The molecule has 0 saturated carbocycles. The van der Waals surface area contributed by atoms with E-state index in [1.54, 1.807) is 0 Å². The summed E-state index contributed by atoms with van der Waals surface area (Å²) in [6.45, 7) is 8.18. The summed E-state index contributed by atoms with van der Waals surface area (Å²) in [5.41, 5.74) is 1.12. The number of hydrogen-bond acceptors (Lipinski definition) is 3. The third-order valence-electron chi connectivity index (χ3n) is 2.17. The lowest BCUT2D eigenvalue weighted by molar-refractivity contribution is -0.0163. The maximum atomic E-state index is 5.64. The second-order valence-electron chi connectivity index (χ2n) is 4.99. The molecule has 1 N–H and O–H groups in total. The summed E-state index contributed by atoms with van der Waals surface area (Å²) in [7, 11) is 1.94. The van der Waals surface area contributed by atoms with Crippen LogP contribution in [0.5, 0.6) is 5.75 Å². The van der Waals surface area contributed by atoms with Gasteiger partial charge in [0.2, 0.25) is 0 Å².